The minimum atomic E-state index is -3.16. The van der Waals surface area contributed by atoms with Crippen molar-refractivity contribution in [1.29, 1.82) is 0 Å². The maximum Gasteiger partial charge on any atom is 0.337 e. The van der Waals surface area contributed by atoms with Crippen molar-refractivity contribution in [3.63, 3.8) is 0 Å². The number of carbonyl (C=O) groups is 1. The van der Waals surface area contributed by atoms with Gasteiger partial charge in [0.25, 0.3) is 0 Å². The standard InChI is InChI=1S/C12H15NO4S/c1-17-12(14)10-3-4-11-8-13(18(2,15)16)6-5-9(11)7-10/h3-4,7H,5-6,8H2,1-2H3. The molecule has 0 spiro atoms. The Morgan fingerprint density at radius 2 is 2.06 bits per heavy atom. The van der Waals surface area contributed by atoms with Crippen molar-refractivity contribution in [2.24, 2.45) is 0 Å². The third kappa shape index (κ3) is 2.54. The van der Waals surface area contributed by atoms with Crippen molar-refractivity contribution in [2.45, 2.75) is 13.0 Å². The van der Waals surface area contributed by atoms with Gasteiger partial charge in [-0.05, 0) is 29.7 Å². The molecule has 2 rings (SSSR count). The third-order valence-corrected chi connectivity index (χ3v) is 4.32. The Morgan fingerprint density at radius 1 is 1.33 bits per heavy atom. The van der Waals surface area contributed by atoms with E-state index in [4.69, 9.17) is 0 Å². The molecule has 0 saturated heterocycles. The van der Waals surface area contributed by atoms with Gasteiger partial charge in [-0.1, -0.05) is 6.07 Å². The first kappa shape index (κ1) is 13.0. The molecule has 0 bridgehead atoms. The van der Waals surface area contributed by atoms with E-state index in [0.717, 1.165) is 11.1 Å². The zero-order valence-corrected chi connectivity index (χ0v) is 11.2. The van der Waals surface area contributed by atoms with E-state index in [1.54, 1.807) is 18.2 Å². The number of rotatable bonds is 2. The van der Waals surface area contributed by atoms with Crippen LogP contribution in [0.15, 0.2) is 18.2 Å². The summed E-state index contributed by atoms with van der Waals surface area (Å²) < 4.78 is 29.0. The number of hydrogen-bond acceptors (Lipinski definition) is 4. The van der Waals surface area contributed by atoms with Gasteiger partial charge < -0.3 is 4.74 Å². The van der Waals surface area contributed by atoms with Gasteiger partial charge in [-0.2, -0.15) is 4.31 Å². The van der Waals surface area contributed by atoms with Crippen LogP contribution < -0.4 is 0 Å². The molecule has 0 unspecified atom stereocenters. The third-order valence-electron chi connectivity index (χ3n) is 3.07. The molecule has 0 aliphatic carbocycles. The molecule has 0 amide bonds. The van der Waals surface area contributed by atoms with E-state index in [9.17, 15) is 13.2 Å². The molecule has 1 aromatic rings. The summed E-state index contributed by atoms with van der Waals surface area (Å²) in [5.74, 6) is -0.372. The Hall–Kier alpha value is -1.40. The van der Waals surface area contributed by atoms with Crippen molar-refractivity contribution in [3.05, 3.63) is 34.9 Å². The van der Waals surface area contributed by atoms with Gasteiger partial charge in [0.05, 0.1) is 18.9 Å². The lowest BCUT2D eigenvalue weighted by Crippen LogP contribution is -2.35. The normalized spacial score (nSPS) is 16.1. The summed E-state index contributed by atoms with van der Waals surface area (Å²) in [7, 11) is -1.82. The minimum absolute atomic E-state index is 0.371. The number of carbonyl (C=O) groups excluding carboxylic acids is 1. The average molecular weight is 269 g/mol. The maximum absolute atomic E-state index is 11.5. The summed E-state index contributed by atoms with van der Waals surface area (Å²) >= 11 is 0. The quantitative estimate of drug-likeness (QED) is 0.745. The molecule has 1 aromatic carbocycles. The second-order valence-electron chi connectivity index (χ2n) is 4.32. The summed E-state index contributed by atoms with van der Waals surface area (Å²) in [4.78, 5) is 11.4. The zero-order valence-electron chi connectivity index (χ0n) is 10.3. The average Bonchev–Trinajstić information content (AvgIpc) is 2.35. The molecule has 6 heteroatoms. The molecule has 1 heterocycles. The molecular formula is C12H15NO4S. The van der Waals surface area contributed by atoms with Crippen LogP contribution >= 0.6 is 0 Å². The SMILES string of the molecule is COC(=O)c1ccc2c(c1)CCN(S(C)(=O)=O)C2. The first-order valence-corrected chi connectivity index (χ1v) is 7.42. The van der Waals surface area contributed by atoms with Crippen molar-refractivity contribution in [2.75, 3.05) is 19.9 Å². The second-order valence-corrected chi connectivity index (χ2v) is 6.30. The van der Waals surface area contributed by atoms with Crippen LogP contribution in [0, 0.1) is 0 Å². The Labute approximate surface area is 106 Å². The van der Waals surface area contributed by atoms with E-state index in [-0.39, 0.29) is 5.97 Å². The van der Waals surface area contributed by atoms with Crippen LogP contribution in [0.2, 0.25) is 0 Å². The number of methoxy groups -OCH3 is 1. The molecule has 0 radical (unpaired) electrons. The Morgan fingerprint density at radius 3 is 2.67 bits per heavy atom. The van der Waals surface area contributed by atoms with Gasteiger partial charge in [0, 0.05) is 13.1 Å². The van der Waals surface area contributed by atoms with E-state index in [1.807, 2.05) is 0 Å². The number of esters is 1. The van der Waals surface area contributed by atoms with Gasteiger partial charge in [-0.15, -0.1) is 0 Å². The summed E-state index contributed by atoms with van der Waals surface area (Å²) in [6.07, 6.45) is 1.83. The van der Waals surface area contributed by atoms with Crippen molar-refractivity contribution in [1.82, 2.24) is 4.31 Å². The number of fused-ring (bicyclic) bond motifs is 1. The molecule has 0 N–H and O–H groups in total. The van der Waals surface area contributed by atoms with E-state index >= 15 is 0 Å². The van der Waals surface area contributed by atoms with Gasteiger partial charge >= 0.3 is 5.97 Å². The molecule has 0 saturated carbocycles. The number of ether oxygens (including phenoxy) is 1. The Balaban J connectivity index is 2.29. The van der Waals surface area contributed by atoms with Crippen LogP contribution in [-0.4, -0.2) is 38.6 Å². The van der Waals surface area contributed by atoms with E-state index in [2.05, 4.69) is 4.74 Å². The van der Waals surface area contributed by atoms with Gasteiger partial charge in [-0.25, -0.2) is 13.2 Å². The van der Waals surface area contributed by atoms with E-state index in [0.29, 0.717) is 25.1 Å². The topological polar surface area (TPSA) is 63.7 Å². The lowest BCUT2D eigenvalue weighted by atomic mass is 9.98. The number of nitrogens with zero attached hydrogens (tertiary/aromatic N) is 1. The van der Waals surface area contributed by atoms with Crippen molar-refractivity contribution >= 4 is 16.0 Å². The molecular weight excluding hydrogens is 254 g/mol. The lowest BCUT2D eigenvalue weighted by molar-refractivity contribution is 0.0600. The largest absolute Gasteiger partial charge is 0.465 e. The molecule has 5 nitrogen and oxygen atoms in total. The van der Waals surface area contributed by atoms with Crippen LogP contribution in [0.25, 0.3) is 0 Å². The molecule has 1 aliphatic rings. The minimum Gasteiger partial charge on any atom is -0.465 e. The highest BCUT2D eigenvalue weighted by molar-refractivity contribution is 7.88. The molecule has 18 heavy (non-hydrogen) atoms. The predicted octanol–water partition coefficient (Wildman–Crippen LogP) is 0.791. The van der Waals surface area contributed by atoms with Crippen LogP contribution in [0.1, 0.15) is 21.5 Å². The summed E-state index contributed by atoms with van der Waals surface area (Å²) in [5.41, 5.74) is 2.46. The van der Waals surface area contributed by atoms with Gasteiger partial charge in [0.15, 0.2) is 0 Å². The number of hydrogen-bond donors (Lipinski definition) is 0. The molecule has 0 atom stereocenters. The van der Waals surface area contributed by atoms with E-state index in [1.165, 1.54) is 17.7 Å². The fourth-order valence-corrected chi connectivity index (χ4v) is 2.85. The van der Waals surface area contributed by atoms with Gasteiger partial charge in [-0.3, -0.25) is 0 Å². The maximum atomic E-state index is 11.5. The fourth-order valence-electron chi connectivity index (χ4n) is 2.06. The molecule has 0 fully saturated rings. The monoisotopic (exact) mass is 269 g/mol. The van der Waals surface area contributed by atoms with Gasteiger partial charge in [0.2, 0.25) is 10.0 Å². The summed E-state index contributed by atoms with van der Waals surface area (Å²) in [6.45, 7) is 0.825. The summed E-state index contributed by atoms with van der Waals surface area (Å²) in [5, 5.41) is 0. The first-order chi connectivity index (χ1) is 8.41. The fraction of sp³-hybridized carbons (Fsp3) is 0.417. The Bertz CT molecular complexity index is 580. The van der Waals surface area contributed by atoms with Gasteiger partial charge in [0.1, 0.15) is 0 Å². The second kappa shape index (κ2) is 4.70. The number of benzene rings is 1. The molecule has 1 aliphatic heterocycles. The van der Waals surface area contributed by atoms with Crippen molar-refractivity contribution in [3.8, 4) is 0 Å². The predicted molar refractivity (Wildman–Crippen MR) is 66.7 cm³/mol. The lowest BCUT2D eigenvalue weighted by Gasteiger charge is -2.26. The van der Waals surface area contributed by atoms with Crippen molar-refractivity contribution < 1.29 is 17.9 Å². The zero-order chi connectivity index (χ0) is 13.3. The van der Waals surface area contributed by atoms with Crippen LogP contribution in [0.5, 0.6) is 0 Å². The number of sulfonamides is 1. The Kier molecular flexibility index (Phi) is 3.41. The molecule has 0 aromatic heterocycles. The summed E-state index contributed by atoms with van der Waals surface area (Å²) in [6, 6.07) is 5.23. The first-order valence-electron chi connectivity index (χ1n) is 5.57. The highest BCUT2D eigenvalue weighted by Gasteiger charge is 2.23. The highest BCUT2D eigenvalue weighted by atomic mass is 32.2. The highest BCUT2D eigenvalue weighted by Crippen LogP contribution is 2.22. The van der Waals surface area contributed by atoms with E-state index < -0.39 is 10.0 Å². The smallest absolute Gasteiger partial charge is 0.337 e. The van der Waals surface area contributed by atoms with Crippen LogP contribution in [-0.2, 0) is 27.7 Å². The molecule has 98 valence electrons. The van der Waals surface area contributed by atoms with Crippen LogP contribution in [0.3, 0.4) is 0 Å². The van der Waals surface area contributed by atoms with Crippen LogP contribution in [0.4, 0.5) is 0 Å².